The van der Waals surface area contributed by atoms with Crippen LogP contribution in [-0.4, -0.2) is 23.4 Å². The lowest BCUT2D eigenvalue weighted by molar-refractivity contribution is 0.584. The molecule has 0 aliphatic heterocycles. The fraction of sp³-hybridized carbons (Fsp3) is 0.400. The number of hydrogen-bond acceptors (Lipinski definition) is 2. The van der Waals surface area contributed by atoms with Crippen LogP contribution >= 0.6 is 15.9 Å². The van der Waals surface area contributed by atoms with E-state index in [-0.39, 0.29) is 0 Å². The zero-order valence-electron chi connectivity index (χ0n) is 11.4. The maximum absolute atomic E-state index is 4.22. The highest BCUT2D eigenvalue weighted by Gasteiger charge is 2.11. The van der Waals surface area contributed by atoms with E-state index in [4.69, 9.17) is 0 Å². The average Bonchev–Trinajstić information content (AvgIpc) is 2.80. The van der Waals surface area contributed by atoms with Gasteiger partial charge in [0.05, 0.1) is 6.20 Å². The molecule has 1 unspecified atom stereocenters. The van der Waals surface area contributed by atoms with E-state index < -0.39 is 0 Å². The van der Waals surface area contributed by atoms with E-state index in [1.807, 2.05) is 25.0 Å². The smallest absolute Gasteiger partial charge is 0.0521 e. The molecule has 1 heterocycles. The molecule has 1 atom stereocenters. The summed E-state index contributed by atoms with van der Waals surface area (Å²) in [4.78, 5) is 0. The highest BCUT2D eigenvalue weighted by molar-refractivity contribution is 9.10. The van der Waals surface area contributed by atoms with Crippen molar-refractivity contribution in [2.24, 2.45) is 7.05 Å². The molecule has 1 aromatic carbocycles. The lowest BCUT2D eigenvalue weighted by Gasteiger charge is -2.17. The van der Waals surface area contributed by atoms with Gasteiger partial charge >= 0.3 is 0 Å². The molecule has 0 spiro atoms. The van der Waals surface area contributed by atoms with E-state index in [0.29, 0.717) is 5.92 Å². The molecule has 4 heteroatoms. The van der Waals surface area contributed by atoms with Crippen LogP contribution in [0.3, 0.4) is 0 Å². The van der Waals surface area contributed by atoms with Gasteiger partial charge in [0.1, 0.15) is 0 Å². The SMILES string of the molecule is CNCC(CCc1cnn(C)c1)c1cccc(Br)c1. The first-order valence-electron chi connectivity index (χ1n) is 6.56. The number of rotatable bonds is 6. The second kappa shape index (κ2) is 6.87. The molecule has 1 aromatic heterocycles. The Bertz CT molecular complexity index is 522. The minimum atomic E-state index is 0.530. The van der Waals surface area contributed by atoms with Gasteiger partial charge in [-0.05, 0) is 49.1 Å². The number of benzene rings is 1. The van der Waals surface area contributed by atoms with Crippen molar-refractivity contribution < 1.29 is 0 Å². The summed E-state index contributed by atoms with van der Waals surface area (Å²) in [5.74, 6) is 0.530. The van der Waals surface area contributed by atoms with Gasteiger partial charge in [-0.2, -0.15) is 5.10 Å². The van der Waals surface area contributed by atoms with Gasteiger partial charge < -0.3 is 5.32 Å². The molecule has 0 saturated carbocycles. The second-order valence-corrected chi connectivity index (χ2v) is 5.79. The second-order valence-electron chi connectivity index (χ2n) is 4.87. The van der Waals surface area contributed by atoms with Crippen LogP contribution in [0, 0.1) is 0 Å². The summed E-state index contributed by atoms with van der Waals surface area (Å²) in [5.41, 5.74) is 2.69. The van der Waals surface area contributed by atoms with Crippen LogP contribution in [0.15, 0.2) is 41.1 Å². The van der Waals surface area contributed by atoms with Crippen molar-refractivity contribution in [1.29, 1.82) is 0 Å². The summed E-state index contributed by atoms with van der Waals surface area (Å²) in [5, 5.41) is 7.51. The molecule has 0 saturated heterocycles. The summed E-state index contributed by atoms with van der Waals surface area (Å²) >= 11 is 3.55. The monoisotopic (exact) mass is 321 g/mol. The molecule has 0 amide bonds. The molecule has 0 fully saturated rings. The van der Waals surface area contributed by atoms with E-state index in [1.165, 1.54) is 11.1 Å². The summed E-state index contributed by atoms with van der Waals surface area (Å²) < 4.78 is 3.01. The van der Waals surface area contributed by atoms with Gasteiger partial charge in [0.15, 0.2) is 0 Å². The van der Waals surface area contributed by atoms with Crippen molar-refractivity contribution in [1.82, 2.24) is 15.1 Å². The topological polar surface area (TPSA) is 29.9 Å². The number of halogens is 1. The van der Waals surface area contributed by atoms with Crippen LogP contribution in [0.1, 0.15) is 23.5 Å². The Kier molecular flexibility index (Phi) is 5.16. The molecule has 19 heavy (non-hydrogen) atoms. The van der Waals surface area contributed by atoms with Crippen molar-refractivity contribution in [2.75, 3.05) is 13.6 Å². The zero-order chi connectivity index (χ0) is 13.7. The van der Waals surface area contributed by atoms with Gasteiger partial charge in [0, 0.05) is 24.3 Å². The molecule has 0 aliphatic rings. The maximum Gasteiger partial charge on any atom is 0.0521 e. The van der Waals surface area contributed by atoms with Crippen molar-refractivity contribution >= 4 is 15.9 Å². The van der Waals surface area contributed by atoms with Gasteiger partial charge in [0.2, 0.25) is 0 Å². The molecule has 2 aromatic rings. The lowest BCUT2D eigenvalue weighted by Crippen LogP contribution is -2.17. The van der Waals surface area contributed by atoms with Gasteiger partial charge in [-0.25, -0.2) is 0 Å². The van der Waals surface area contributed by atoms with Crippen LogP contribution in [0.25, 0.3) is 0 Å². The fourth-order valence-electron chi connectivity index (χ4n) is 2.34. The van der Waals surface area contributed by atoms with Crippen molar-refractivity contribution in [3.8, 4) is 0 Å². The molecular formula is C15H20BrN3. The lowest BCUT2D eigenvalue weighted by atomic mass is 9.93. The molecule has 102 valence electrons. The van der Waals surface area contributed by atoms with Gasteiger partial charge in [-0.3, -0.25) is 4.68 Å². The van der Waals surface area contributed by atoms with Gasteiger partial charge in [0.25, 0.3) is 0 Å². The Morgan fingerprint density at radius 2 is 2.26 bits per heavy atom. The molecular weight excluding hydrogens is 302 g/mol. The average molecular weight is 322 g/mol. The van der Waals surface area contributed by atoms with Crippen LogP contribution in [-0.2, 0) is 13.5 Å². The minimum absolute atomic E-state index is 0.530. The van der Waals surface area contributed by atoms with Crippen LogP contribution < -0.4 is 5.32 Å². The van der Waals surface area contributed by atoms with E-state index >= 15 is 0 Å². The Morgan fingerprint density at radius 3 is 2.89 bits per heavy atom. The van der Waals surface area contributed by atoms with E-state index in [1.54, 1.807) is 0 Å². The quantitative estimate of drug-likeness (QED) is 0.886. The van der Waals surface area contributed by atoms with Gasteiger partial charge in [-0.15, -0.1) is 0 Å². The molecule has 1 N–H and O–H groups in total. The first-order chi connectivity index (χ1) is 9.19. The third kappa shape index (κ3) is 4.18. The normalized spacial score (nSPS) is 12.6. The van der Waals surface area contributed by atoms with Crippen molar-refractivity contribution in [3.63, 3.8) is 0 Å². The Morgan fingerprint density at radius 1 is 1.42 bits per heavy atom. The molecule has 0 bridgehead atoms. The molecule has 2 rings (SSSR count). The number of aromatic nitrogens is 2. The Hall–Kier alpha value is -1.13. The van der Waals surface area contributed by atoms with Crippen LogP contribution in [0.5, 0.6) is 0 Å². The zero-order valence-corrected chi connectivity index (χ0v) is 13.0. The van der Waals surface area contributed by atoms with Gasteiger partial charge in [-0.1, -0.05) is 28.1 Å². The van der Waals surface area contributed by atoms with Crippen molar-refractivity contribution in [2.45, 2.75) is 18.8 Å². The number of nitrogens with zero attached hydrogens (tertiary/aromatic N) is 2. The molecule has 3 nitrogen and oxygen atoms in total. The standard InChI is InChI=1S/C15H20BrN3/c1-17-10-14(13-4-3-5-15(16)8-13)7-6-12-9-18-19(2)11-12/h3-5,8-9,11,14,17H,6-7,10H2,1-2H3. The summed E-state index contributed by atoms with van der Waals surface area (Å²) in [6, 6.07) is 8.59. The summed E-state index contributed by atoms with van der Waals surface area (Å²) in [6.45, 7) is 0.997. The van der Waals surface area contributed by atoms with E-state index in [9.17, 15) is 0 Å². The summed E-state index contributed by atoms with van der Waals surface area (Å²) in [6.07, 6.45) is 6.24. The maximum atomic E-state index is 4.22. The number of hydrogen-bond donors (Lipinski definition) is 1. The Balaban J connectivity index is 2.03. The highest BCUT2D eigenvalue weighted by atomic mass is 79.9. The first-order valence-corrected chi connectivity index (χ1v) is 7.36. The number of likely N-dealkylation sites (N-methyl/N-ethyl adjacent to an activating group) is 1. The number of aryl methyl sites for hydroxylation is 2. The largest absolute Gasteiger partial charge is 0.319 e. The van der Waals surface area contributed by atoms with Crippen molar-refractivity contribution in [3.05, 3.63) is 52.3 Å². The predicted molar refractivity (Wildman–Crippen MR) is 82.3 cm³/mol. The highest BCUT2D eigenvalue weighted by Crippen LogP contribution is 2.24. The Labute approximate surface area is 123 Å². The predicted octanol–water partition coefficient (Wildman–Crippen LogP) is 3.12. The third-order valence-corrected chi connectivity index (χ3v) is 3.80. The molecule has 0 aliphatic carbocycles. The summed E-state index contributed by atoms with van der Waals surface area (Å²) in [7, 11) is 3.97. The first kappa shape index (κ1) is 14.3. The number of nitrogens with one attached hydrogen (secondary N) is 1. The van der Waals surface area contributed by atoms with E-state index in [0.717, 1.165) is 23.9 Å². The van der Waals surface area contributed by atoms with Crippen LogP contribution in [0.4, 0.5) is 0 Å². The minimum Gasteiger partial charge on any atom is -0.319 e. The fourth-order valence-corrected chi connectivity index (χ4v) is 2.75. The third-order valence-electron chi connectivity index (χ3n) is 3.31. The van der Waals surface area contributed by atoms with E-state index in [2.05, 4.69) is 56.8 Å². The molecule has 0 radical (unpaired) electrons. The van der Waals surface area contributed by atoms with Crippen LogP contribution in [0.2, 0.25) is 0 Å².